The van der Waals surface area contributed by atoms with Gasteiger partial charge in [-0.15, -0.1) is 0 Å². The van der Waals surface area contributed by atoms with Crippen LogP contribution in [0.1, 0.15) is 16.7 Å². The summed E-state index contributed by atoms with van der Waals surface area (Å²) in [6.07, 6.45) is 0. The maximum absolute atomic E-state index is 12.8. The zero-order valence-electron chi connectivity index (χ0n) is 14.0. The largest absolute Gasteiger partial charge is 0.349 e. The first kappa shape index (κ1) is 17.5. The van der Waals surface area contributed by atoms with Crippen LogP contribution in [0.2, 0.25) is 5.02 Å². The molecule has 4 nitrogen and oxygen atoms in total. The molecule has 0 spiro atoms. The number of amides is 2. The topological polar surface area (TPSA) is 49.4 Å². The average molecular weight is 375 g/mol. The van der Waals surface area contributed by atoms with E-state index < -0.39 is 11.8 Å². The lowest BCUT2D eigenvalue weighted by Crippen LogP contribution is -2.32. The van der Waals surface area contributed by atoms with Crippen molar-refractivity contribution in [1.29, 1.82) is 0 Å². The molecule has 0 saturated heterocycles. The molecular formula is C19H16Cl2N2O2. The number of nitrogens with zero attached hydrogens (tertiary/aromatic N) is 1. The van der Waals surface area contributed by atoms with Gasteiger partial charge in [0.05, 0.1) is 5.69 Å². The maximum Gasteiger partial charge on any atom is 0.283 e. The van der Waals surface area contributed by atoms with Crippen LogP contribution in [0, 0.1) is 20.8 Å². The van der Waals surface area contributed by atoms with Crippen molar-refractivity contribution in [3.63, 3.8) is 0 Å². The normalized spacial score (nSPS) is 14.5. The summed E-state index contributed by atoms with van der Waals surface area (Å²) in [4.78, 5) is 26.4. The number of carbonyl (C=O) groups excluding carboxylic acids is 2. The van der Waals surface area contributed by atoms with Crippen LogP contribution in [-0.2, 0) is 9.59 Å². The van der Waals surface area contributed by atoms with Crippen molar-refractivity contribution < 1.29 is 9.59 Å². The first-order valence-corrected chi connectivity index (χ1v) is 8.43. The van der Waals surface area contributed by atoms with Crippen LogP contribution >= 0.6 is 23.2 Å². The second-order valence-electron chi connectivity index (χ2n) is 6.06. The van der Waals surface area contributed by atoms with Crippen molar-refractivity contribution in [2.75, 3.05) is 10.2 Å². The van der Waals surface area contributed by atoms with Crippen molar-refractivity contribution in [3.05, 3.63) is 68.8 Å². The molecule has 2 aromatic carbocycles. The molecule has 128 valence electrons. The summed E-state index contributed by atoms with van der Waals surface area (Å²) in [6, 6.07) is 10.7. The quantitative estimate of drug-likeness (QED) is 0.791. The molecule has 0 fully saturated rings. The summed E-state index contributed by atoms with van der Waals surface area (Å²) in [5.74, 6) is -1.01. The molecule has 0 saturated carbocycles. The molecule has 0 bridgehead atoms. The number of aryl methyl sites for hydroxylation is 3. The summed E-state index contributed by atoms with van der Waals surface area (Å²) in [7, 11) is 0. The van der Waals surface area contributed by atoms with E-state index in [-0.39, 0.29) is 10.7 Å². The van der Waals surface area contributed by atoms with Crippen LogP contribution in [0.25, 0.3) is 0 Å². The Kier molecular flexibility index (Phi) is 4.58. The van der Waals surface area contributed by atoms with E-state index in [9.17, 15) is 9.59 Å². The molecule has 0 aromatic heterocycles. The molecule has 3 rings (SSSR count). The zero-order valence-corrected chi connectivity index (χ0v) is 15.5. The van der Waals surface area contributed by atoms with Crippen molar-refractivity contribution in [2.24, 2.45) is 0 Å². The fourth-order valence-corrected chi connectivity index (χ4v) is 3.27. The summed E-state index contributed by atoms with van der Waals surface area (Å²) < 4.78 is 0. The number of carbonyl (C=O) groups is 2. The minimum Gasteiger partial charge on any atom is -0.349 e. The van der Waals surface area contributed by atoms with E-state index in [0.717, 1.165) is 21.6 Å². The summed E-state index contributed by atoms with van der Waals surface area (Å²) in [5, 5.41) is 3.44. The lowest BCUT2D eigenvalue weighted by atomic mass is 10.1. The molecule has 1 N–H and O–H groups in total. The number of halogens is 2. The van der Waals surface area contributed by atoms with Gasteiger partial charge in [0, 0.05) is 10.7 Å². The highest BCUT2D eigenvalue weighted by Crippen LogP contribution is 2.32. The summed E-state index contributed by atoms with van der Waals surface area (Å²) in [5.41, 5.74) is 4.01. The highest BCUT2D eigenvalue weighted by molar-refractivity contribution is 6.53. The van der Waals surface area contributed by atoms with Gasteiger partial charge in [-0.3, -0.25) is 9.59 Å². The van der Waals surface area contributed by atoms with E-state index in [1.165, 1.54) is 0 Å². The van der Waals surface area contributed by atoms with E-state index in [2.05, 4.69) is 5.32 Å². The SMILES string of the molecule is Cc1cc(C)cc(N2C(=O)C(Cl)=C(Nc3ccc(Cl)cc3C)C2=O)c1. The van der Waals surface area contributed by atoms with Crippen molar-refractivity contribution in [2.45, 2.75) is 20.8 Å². The van der Waals surface area contributed by atoms with Gasteiger partial charge in [-0.2, -0.15) is 0 Å². The highest BCUT2D eigenvalue weighted by Gasteiger charge is 2.39. The van der Waals surface area contributed by atoms with Crippen LogP contribution in [-0.4, -0.2) is 11.8 Å². The number of anilines is 2. The van der Waals surface area contributed by atoms with E-state index in [0.29, 0.717) is 16.4 Å². The first-order chi connectivity index (χ1) is 11.8. The van der Waals surface area contributed by atoms with E-state index in [1.54, 1.807) is 30.3 Å². The number of rotatable bonds is 3. The van der Waals surface area contributed by atoms with Crippen molar-refractivity contribution >= 4 is 46.4 Å². The lowest BCUT2D eigenvalue weighted by Gasteiger charge is -2.17. The fourth-order valence-electron chi connectivity index (χ4n) is 2.83. The standard InChI is InChI=1S/C19H16Cl2N2O2/c1-10-6-11(2)8-14(7-10)23-18(24)16(21)17(19(23)25)22-15-5-4-13(20)9-12(15)3/h4-9,22H,1-3H3. The second kappa shape index (κ2) is 6.54. The Morgan fingerprint density at radius 1 is 0.880 bits per heavy atom. The molecule has 25 heavy (non-hydrogen) atoms. The van der Waals surface area contributed by atoms with Crippen molar-refractivity contribution in [3.8, 4) is 0 Å². The van der Waals surface area contributed by atoms with E-state index >= 15 is 0 Å². The molecular weight excluding hydrogens is 359 g/mol. The van der Waals surface area contributed by atoms with E-state index in [1.807, 2.05) is 26.8 Å². The monoisotopic (exact) mass is 374 g/mol. The number of hydrogen-bond donors (Lipinski definition) is 1. The molecule has 2 aromatic rings. The third kappa shape index (κ3) is 3.28. The number of nitrogens with one attached hydrogen (secondary N) is 1. The van der Waals surface area contributed by atoms with Gasteiger partial charge in [0.2, 0.25) is 0 Å². The van der Waals surface area contributed by atoms with Gasteiger partial charge in [0.15, 0.2) is 0 Å². The Labute approximate surface area is 156 Å². The Morgan fingerprint density at radius 2 is 1.52 bits per heavy atom. The fraction of sp³-hybridized carbons (Fsp3) is 0.158. The minimum absolute atomic E-state index is 0.0660. The minimum atomic E-state index is -0.536. The Bertz CT molecular complexity index is 915. The van der Waals surface area contributed by atoms with Gasteiger partial charge in [0.25, 0.3) is 11.8 Å². The van der Waals surface area contributed by atoms with Gasteiger partial charge in [-0.1, -0.05) is 29.3 Å². The Balaban J connectivity index is 1.96. The smallest absolute Gasteiger partial charge is 0.283 e. The van der Waals surface area contributed by atoms with Crippen LogP contribution < -0.4 is 10.2 Å². The van der Waals surface area contributed by atoms with Gasteiger partial charge in [-0.05, 0) is 67.8 Å². The van der Waals surface area contributed by atoms with Gasteiger partial charge in [-0.25, -0.2) is 4.90 Å². The molecule has 1 heterocycles. The molecule has 2 amide bonds. The Morgan fingerprint density at radius 3 is 2.12 bits per heavy atom. The molecule has 0 aliphatic carbocycles. The summed E-state index contributed by atoms with van der Waals surface area (Å²) >= 11 is 12.1. The number of benzene rings is 2. The van der Waals surface area contributed by atoms with Gasteiger partial charge < -0.3 is 5.32 Å². The van der Waals surface area contributed by atoms with Crippen LogP contribution in [0.3, 0.4) is 0 Å². The molecule has 0 radical (unpaired) electrons. The Hall–Kier alpha value is -2.30. The third-order valence-electron chi connectivity index (χ3n) is 3.94. The van der Waals surface area contributed by atoms with Crippen molar-refractivity contribution in [1.82, 2.24) is 0 Å². The van der Waals surface area contributed by atoms with E-state index in [4.69, 9.17) is 23.2 Å². The molecule has 1 aliphatic rings. The molecule has 6 heteroatoms. The molecule has 0 unspecified atom stereocenters. The van der Waals surface area contributed by atoms with Gasteiger partial charge in [0.1, 0.15) is 10.7 Å². The number of hydrogen-bond acceptors (Lipinski definition) is 3. The predicted octanol–water partition coefficient (Wildman–Crippen LogP) is 4.70. The second-order valence-corrected chi connectivity index (χ2v) is 6.88. The first-order valence-electron chi connectivity index (χ1n) is 7.68. The maximum atomic E-state index is 12.8. The van der Waals surface area contributed by atoms with Crippen LogP contribution in [0.15, 0.2) is 47.1 Å². The predicted molar refractivity (Wildman–Crippen MR) is 101 cm³/mol. The van der Waals surface area contributed by atoms with Crippen LogP contribution in [0.4, 0.5) is 11.4 Å². The average Bonchev–Trinajstić information content (AvgIpc) is 2.72. The summed E-state index contributed by atoms with van der Waals surface area (Å²) in [6.45, 7) is 5.67. The van der Waals surface area contributed by atoms with Gasteiger partial charge >= 0.3 is 0 Å². The number of imide groups is 1. The molecule has 0 atom stereocenters. The van der Waals surface area contributed by atoms with Crippen LogP contribution in [0.5, 0.6) is 0 Å². The molecule has 1 aliphatic heterocycles. The zero-order chi connectivity index (χ0) is 18.3. The third-order valence-corrected chi connectivity index (χ3v) is 4.53. The lowest BCUT2D eigenvalue weighted by molar-refractivity contribution is -0.120. The highest BCUT2D eigenvalue weighted by atomic mass is 35.5.